The zero-order valence-corrected chi connectivity index (χ0v) is 13.9. The molecule has 0 aromatic carbocycles. The number of pyridine rings is 1. The lowest BCUT2D eigenvalue weighted by atomic mass is 10.2. The second-order valence-corrected chi connectivity index (χ2v) is 6.31. The van der Waals surface area contributed by atoms with Crippen LogP contribution in [-0.4, -0.2) is 27.4 Å². The van der Waals surface area contributed by atoms with E-state index in [1.165, 1.54) is 10.2 Å². The van der Waals surface area contributed by atoms with Crippen molar-refractivity contribution in [1.29, 1.82) is 0 Å². The van der Waals surface area contributed by atoms with Gasteiger partial charge in [-0.25, -0.2) is 4.98 Å². The van der Waals surface area contributed by atoms with E-state index in [-0.39, 0.29) is 5.91 Å². The van der Waals surface area contributed by atoms with Gasteiger partial charge in [0.15, 0.2) is 0 Å². The van der Waals surface area contributed by atoms with E-state index in [1.54, 1.807) is 47.7 Å². The molecule has 0 saturated carbocycles. The van der Waals surface area contributed by atoms with Crippen LogP contribution in [-0.2, 0) is 18.4 Å². The SMILES string of the molecule is CN(Cc1cc2ccsc2n1C)C(=O)C=Cc1ccc(N)nc1. The monoisotopic (exact) mass is 326 g/mol. The highest BCUT2D eigenvalue weighted by molar-refractivity contribution is 7.16. The number of nitrogens with two attached hydrogens (primary N) is 1. The van der Waals surface area contributed by atoms with Crippen LogP contribution < -0.4 is 5.73 Å². The molecule has 3 aromatic heterocycles. The summed E-state index contributed by atoms with van der Waals surface area (Å²) in [5, 5.41) is 3.30. The largest absolute Gasteiger partial charge is 0.384 e. The van der Waals surface area contributed by atoms with Crippen molar-refractivity contribution in [1.82, 2.24) is 14.5 Å². The van der Waals surface area contributed by atoms with Gasteiger partial charge in [-0.3, -0.25) is 4.79 Å². The molecule has 3 heterocycles. The van der Waals surface area contributed by atoms with Gasteiger partial charge in [0.1, 0.15) is 10.6 Å². The number of amides is 1. The highest BCUT2D eigenvalue weighted by atomic mass is 32.1. The van der Waals surface area contributed by atoms with Gasteiger partial charge in [0.25, 0.3) is 0 Å². The molecule has 118 valence electrons. The van der Waals surface area contributed by atoms with Gasteiger partial charge in [-0.05, 0) is 41.3 Å². The molecule has 0 aliphatic rings. The van der Waals surface area contributed by atoms with E-state index in [0.717, 1.165) is 11.3 Å². The fourth-order valence-electron chi connectivity index (χ4n) is 2.38. The predicted molar refractivity (Wildman–Crippen MR) is 95.0 cm³/mol. The first kappa shape index (κ1) is 15.3. The Morgan fingerprint density at radius 1 is 1.43 bits per heavy atom. The molecule has 6 heteroatoms. The number of hydrogen-bond acceptors (Lipinski definition) is 4. The molecule has 0 aliphatic carbocycles. The van der Waals surface area contributed by atoms with Gasteiger partial charge < -0.3 is 15.2 Å². The number of hydrogen-bond donors (Lipinski definition) is 1. The van der Waals surface area contributed by atoms with E-state index in [2.05, 4.69) is 27.1 Å². The minimum atomic E-state index is -0.0496. The number of carbonyl (C=O) groups excluding carboxylic acids is 1. The van der Waals surface area contributed by atoms with Crippen molar-refractivity contribution in [2.75, 3.05) is 12.8 Å². The summed E-state index contributed by atoms with van der Waals surface area (Å²) < 4.78 is 2.14. The second kappa shape index (κ2) is 6.26. The molecule has 0 radical (unpaired) electrons. The number of carbonyl (C=O) groups is 1. The van der Waals surface area contributed by atoms with Gasteiger partial charge in [0, 0.05) is 37.4 Å². The van der Waals surface area contributed by atoms with Gasteiger partial charge >= 0.3 is 0 Å². The number of nitrogens with zero attached hydrogens (tertiary/aromatic N) is 3. The lowest BCUT2D eigenvalue weighted by Crippen LogP contribution is -2.25. The van der Waals surface area contributed by atoms with Crippen LogP contribution in [0.2, 0.25) is 0 Å². The Kier molecular flexibility index (Phi) is 4.16. The van der Waals surface area contributed by atoms with Crippen LogP contribution in [0.1, 0.15) is 11.3 Å². The molecule has 23 heavy (non-hydrogen) atoms. The molecule has 2 N–H and O–H groups in total. The zero-order valence-electron chi connectivity index (χ0n) is 13.1. The molecule has 3 rings (SSSR count). The Balaban J connectivity index is 1.68. The van der Waals surface area contributed by atoms with Crippen LogP contribution in [0.3, 0.4) is 0 Å². The molecule has 0 saturated heterocycles. The lowest BCUT2D eigenvalue weighted by Gasteiger charge is -2.15. The third-order valence-corrected chi connectivity index (χ3v) is 4.74. The van der Waals surface area contributed by atoms with Crippen molar-refractivity contribution < 1.29 is 4.79 Å². The number of likely N-dealkylation sites (N-methyl/N-ethyl adjacent to an activating group) is 1. The highest BCUT2D eigenvalue weighted by Gasteiger charge is 2.11. The molecule has 0 aliphatic heterocycles. The average Bonchev–Trinajstić information content (AvgIpc) is 3.10. The first-order valence-corrected chi connectivity index (χ1v) is 8.09. The van der Waals surface area contributed by atoms with Crippen LogP contribution in [0.25, 0.3) is 16.3 Å². The summed E-state index contributed by atoms with van der Waals surface area (Å²) in [6, 6.07) is 7.77. The second-order valence-electron chi connectivity index (χ2n) is 5.42. The summed E-state index contributed by atoms with van der Waals surface area (Å²) in [6.07, 6.45) is 4.94. The molecule has 0 bridgehead atoms. The number of anilines is 1. The van der Waals surface area contributed by atoms with Crippen LogP contribution in [0.5, 0.6) is 0 Å². The van der Waals surface area contributed by atoms with Crippen molar-refractivity contribution in [2.24, 2.45) is 7.05 Å². The number of rotatable bonds is 4. The summed E-state index contributed by atoms with van der Waals surface area (Å²) in [5.74, 6) is 0.417. The number of aromatic nitrogens is 2. The van der Waals surface area contributed by atoms with Gasteiger partial charge in [0.05, 0.1) is 6.54 Å². The predicted octanol–water partition coefficient (Wildman–Crippen LogP) is 2.89. The molecule has 5 nitrogen and oxygen atoms in total. The van der Waals surface area contributed by atoms with Crippen molar-refractivity contribution in [3.8, 4) is 0 Å². The van der Waals surface area contributed by atoms with E-state index >= 15 is 0 Å². The van der Waals surface area contributed by atoms with Crippen molar-refractivity contribution >= 4 is 39.4 Å². The van der Waals surface area contributed by atoms with Crippen LogP contribution in [0.4, 0.5) is 5.82 Å². The van der Waals surface area contributed by atoms with Gasteiger partial charge in [-0.15, -0.1) is 11.3 Å². The Morgan fingerprint density at radius 2 is 2.26 bits per heavy atom. The first-order valence-electron chi connectivity index (χ1n) is 7.21. The molecule has 1 amide bonds. The summed E-state index contributed by atoms with van der Waals surface area (Å²) >= 11 is 1.71. The van der Waals surface area contributed by atoms with Crippen LogP contribution in [0, 0.1) is 0 Å². The normalized spacial score (nSPS) is 11.4. The van der Waals surface area contributed by atoms with Crippen LogP contribution in [0.15, 0.2) is 41.9 Å². The van der Waals surface area contributed by atoms with Crippen molar-refractivity contribution in [3.63, 3.8) is 0 Å². The average molecular weight is 326 g/mol. The topological polar surface area (TPSA) is 64.2 Å². The summed E-state index contributed by atoms with van der Waals surface area (Å²) in [7, 11) is 3.83. The molecule has 0 spiro atoms. The summed E-state index contributed by atoms with van der Waals surface area (Å²) in [6.45, 7) is 0.570. The van der Waals surface area contributed by atoms with Gasteiger partial charge in [-0.1, -0.05) is 0 Å². The van der Waals surface area contributed by atoms with Crippen LogP contribution >= 0.6 is 11.3 Å². The number of aryl methyl sites for hydroxylation is 1. The Bertz CT molecular complexity index is 860. The minimum absolute atomic E-state index is 0.0496. The summed E-state index contributed by atoms with van der Waals surface area (Å²) in [5.41, 5.74) is 7.51. The van der Waals surface area contributed by atoms with Gasteiger partial charge in [0.2, 0.25) is 5.91 Å². The zero-order chi connectivity index (χ0) is 16.4. The number of thiophene rings is 1. The third kappa shape index (κ3) is 3.27. The quantitative estimate of drug-likeness (QED) is 0.750. The Morgan fingerprint density at radius 3 is 2.96 bits per heavy atom. The fourth-order valence-corrected chi connectivity index (χ4v) is 3.27. The Hall–Kier alpha value is -2.60. The van der Waals surface area contributed by atoms with Crippen molar-refractivity contribution in [2.45, 2.75) is 6.54 Å². The molecule has 0 unspecified atom stereocenters. The van der Waals surface area contributed by atoms with E-state index in [1.807, 2.05) is 13.1 Å². The first-order chi connectivity index (χ1) is 11.0. The molecule has 0 fully saturated rings. The van der Waals surface area contributed by atoms with Gasteiger partial charge in [-0.2, -0.15) is 0 Å². The summed E-state index contributed by atoms with van der Waals surface area (Å²) in [4.78, 5) is 19.2. The smallest absolute Gasteiger partial charge is 0.246 e. The maximum atomic E-state index is 12.2. The highest BCUT2D eigenvalue weighted by Crippen LogP contribution is 2.24. The maximum absolute atomic E-state index is 12.2. The standard InChI is InChI=1S/C17H18N4OS/c1-20(11-14-9-13-7-8-23-17(13)21(14)2)16(22)6-4-12-3-5-15(18)19-10-12/h3-10H,11H2,1-2H3,(H2,18,19). The lowest BCUT2D eigenvalue weighted by molar-refractivity contribution is -0.125. The van der Waals surface area contributed by atoms with E-state index in [0.29, 0.717) is 12.4 Å². The molecular weight excluding hydrogens is 308 g/mol. The fraction of sp³-hybridized carbons (Fsp3) is 0.176. The Labute approximate surface area is 138 Å². The van der Waals surface area contributed by atoms with E-state index in [9.17, 15) is 4.79 Å². The third-order valence-electron chi connectivity index (χ3n) is 3.73. The van der Waals surface area contributed by atoms with E-state index < -0.39 is 0 Å². The molecular formula is C17H18N4OS. The number of fused-ring (bicyclic) bond motifs is 1. The molecule has 0 atom stereocenters. The maximum Gasteiger partial charge on any atom is 0.246 e. The minimum Gasteiger partial charge on any atom is -0.384 e. The number of nitrogen functional groups attached to an aromatic ring is 1. The molecule has 3 aromatic rings. The van der Waals surface area contributed by atoms with E-state index in [4.69, 9.17) is 5.73 Å². The van der Waals surface area contributed by atoms with Crippen molar-refractivity contribution in [3.05, 3.63) is 53.2 Å².